The van der Waals surface area contributed by atoms with Gasteiger partial charge in [-0.05, 0) is 62.4 Å². The molecule has 2 aliphatic heterocycles. The van der Waals surface area contributed by atoms with Crippen LogP contribution >= 0.6 is 0 Å². The minimum atomic E-state index is -3.94. The lowest BCUT2D eigenvalue weighted by Gasteiger charge is -2.38. The van der Waals surface area contributed by atoms with Gasteiger partial charge in [-0.3, -0.25) is 0 Å². The van der Waals surface area contributed by atoms with Gasteiger partial charge in [0, 0.05) is 18.7 Å². The predicted octanol–water partition coefficient (Wildman–Crippen LogP) is 3.32. The summed E-state index contributed by atoms with van der Waals surface area (Å²) in [5.41, 5.74) is 2.53. The van der Waals surface area contributed by atoms with Gasteiger partial charge in [-0.15, -0.1) is 4.40 Å². The van der Waals surface area contributed by atoms with Gasteiger partial charge >= 0.3 is 6.02 Å². The van der Waals surface area contributed by atoms with Crippen molar-refractivity contribution in [2.45, 2.75) is 50.0 Å². The lowest BCUT2D eigenvalue weighted by Crippen LogP contribution is -2.53. The Morgan fingerprint density at radius 3 is 2.60 bits per heavy atom. The Morgan fingerprint density at radius 1 is 1.23 bits per heavy atom. The molecule has 0 aromatic heterocycles. The molecule has 35 heavy (non-hydrogen) atoms. The zero-order valence-corrected chi connectivity index (χ0v) is 20.8. The fraction of sp³-hybridized carbons (Fsp3) is 0.423. The van der Waals surface area contributed by atoms with Crippen molar-refractivity contribution in [1.82, 2.24) is 10.6 Å². The summed E-state index contributed by atoms with van der Waals surface area (Å²) in [6.45, 7) is 5.01. The van der Waals surface area contributed by atoms with E-state index in [2.05, 4.69) is 21.1 Å². The third-order valence-electron chi connectivity index (χ3n) is 6.51. The molecule has 2 aromatic carbocycles. The van der Waals surface area contributed by atoms with Crippen LogP contribution in [-0.2, 0) is 21.2 Å². The minimum absolute atomic E-state index is 0.159. The highest BCUT2D eigenvalue weighted by Gasteiger charge is 2.46. The number of hydrogen-bond donors (Lipinski definition) is 3. The highest BCUT2D eigenvalue weighted by molar-refractivity contribution is 7.91. The molecule has 0 amide bonds. The van der Waals surface area contributed by atoms with Gasteiger partial charge in [0.1, 0.15) is 16.7 Å². The molecule has 7 nitrogen and oxygen atoms in total. The van der Waals surface area contributed by atoms with E-state index in [4.69, 9.17) is 4.74 Å². The normalized spacial score (nSPS) is 21.9. The number of aliphatic hydroxyl groups excluding tert-OH is 1. The van der Waals surface area contributed by atoms with Crippen molar-refractivity contribution in [1.29, 1.82) is 0 Å². The molecule has 3 N–H and O–H groups in total. The van der Waals surface area contributed by atoms with Crippen LogP contribution in [0.4, 0.5) is 4.39 Å². The van der Waals surface area contributed by atoms with Crippen LogP contribution in [0.5, 0.6) is 0 Å². The largest absolute Gasteiger partial charge is 0.457 e. The average molecular weight is 502 g/mol. The Kier molecular flexibility index (Phi) is 7.59. The maximum Gasteiger partial charge on any atom is 0.301 e. The number of nitrogens with zero attached hydrogens (tertiary/aromatic N) is 1. The Bertz CT molecular complexity index is 1210. The standard InChI is InChI=1S/C26H32FN3O4S/c1-26(2)24(17-18-7-9-19(10-8-18)20-11-14-28-15-12-20)35(32,33)30-25(34-26)29-23(13-16-31)21-5-3-4-6-22(21)27/h3-11,23-24,28,31H,12-17H2,1-2H3,(H,29,30)/t23-,24?/m0/s1. The van der Waals surface area contributed by atoms with E-state index in [9.17, 15) is 17.9 Å². The van der Waals surface area contributed by atoms with Gasteiger partial charge in [-0.2, -0.15) is 0 Å². The number of sulfonamides is 1. The number of ether oxygens (including phenoxy) is 1. The smallest absolute Gasteiger partial charge is 0.301 e. The average Bonchev–Trinajstić information content (AvgIpc) is 2.82. The van der Waals surface area contributed by atoms with Crippen LogP contribution < -0.4 is 10.6 Å². The summed E-state index contributed by atoms with van der Waals surface area (Å²) >= 11 is 0. The van der Waals surface area contributed by atoms with Crippen LogP contribution in [0.3, 0.4) is 0 Å². The lowest BCUT2D eigenvalue weighted by molar-refractivity contribution is 0.0760. The topological polar surface area (TPSA) is 100 Å². The number of halogens is 1. The van der Waals surface area contributed by atoms with Crippen LogP contribution in [0.15, 0.2) is 59.0 Å². The Morgan fingerprint density at radius 2 is 1.97 bits per heavy atom. The van der Waals surface area contributed by atoms with Gasteiger partial charge in [0.25, 0.3) is 10.0 Å². The van der Waals surface area contributed by atoms with Crippen LogP contribution in [0.1, 0.15) is 49.4 Å². The van der Waals surface area contributed by atoms with Gasteiger partial charge in [0.2, 0.25) is 0 Å². The third-order valence-corrected chi connectivity index (χ3v) is 8.38. The molecule has 0 aliphatic carbocycles. The van der Waals surface area contributed by atoms with Crippen molar-refractivity contribution in [3.05, 3.63) is 77.1 Å². The highest BCUT2D eigenvalue weighted by atomic mass is 32.2. The summed E-state index contributed by atoms with van der Waals surface area (Å²) in [6, 6.07) is 13.2. The van der Waals surface area contributed by atoms with Crippen molar-refractivity contribution < 1.29 is 22.7 Å². The molecule has 0 saturated heterocycles. The van der Waals surface area contributed by atoms with E-state index in [0.717, 1.165) is 30.6 Å². The van der Waals surface area contributed by atoms with Gasteiger partial charge < -0.3 is 20.5 Å². The van der Waals surface area contributed by atoms with Crippen LogP contribution in [0.25, 0.3) is 5.57 Å². The molecule has 9 heteroatoms. The monoisotopic (exact) mass is 501 g/mol. The van der Waals surface area contributed by atoms with Crippen LogP contribution in [-0.4, -0.2) is 50.1 Å². The van der Waals surface area contributed by atoms with Gasteiger partial charge in [0.15, 0.2) is 0 Å². The van der Waals surface area contributed by atoms with Crippen LogP contribution in [0, 0.1) is 5.82 Å². The molecule has 0 saturated carbocycles. The molecule has 2 atom stereocenters. The molecular weight excluding hydrogens is 469 g/mol. The molecule has 2 aliphatic rings. The lowest BCUT2D eigenvalue weighted by atomic mass is 9.95. The number of aliphatic hydroxyl groups is 1. The second kappa shape index (κ2) is 10.5. The Labute approximate surface area is 206 Å². The van der Waals surface area contributed by atoms with Gasteiger partial charge in [0.05, 0.1) is 6.04 Å². The molecular formula is C26H32FN3O4S. The summed E-state index contributed by atoms with van der Waals surface area (Å²) in [7, 11) is -3.94. The van der Waals surface area contributed by atoms with Crippen molar-refractivity contribution in [3.63, 3.8) is 0 Å². The van der Waals surface area contributed by atoms with E-state index in [-0.39, 0.29) is 25.5 Å². The van der Waals surface area contributed by atoms with Crippen LogP contribution in [0.2, 0.25) is 0 Å². The first-order chi connectivity index (χ1) is 16.7. The van der Waals surface area contributed by atoms with E-state index in [1.54, 1.807) is 32.0 Å². The summed E-state index contributed by atoms with van der Waals surface area (Å²) in [6.07, 6.45) is 3.55. The molecule has 0 bridgehead atoms. The summed E-state index contributed by atoms with van der Waals surface area (Å²) < 4.78 is 50.7. The molecule has 1 unspecified atom stereocenters. The van der Waals surface area contributed by atoms with E-state index in [1.807, 2.05) is 24.3 Å². The van der Waals surface area contributed by atoms with E-state index >= 15 is 0 Å². The highest BCUT2D eigenvalue weighted by Crippen LogP contribution is 2.32. The molecule has 4 rings (SSSR count). The van der Waals surface area contributed by atoms with E-state index in [0.29, 0.717) is 5.56 Å². The fourth-order valence-electron chi connectivity index (χ4n) is 4.57. The predicted molar refractivity (Wildman–Crippen MR) is 135 cm³/mol. The zero-order valence-electron chi connectivity index (χ0n) is 20.0. The fourth-order valence-corrected chi connectivity index (χ4v) is 6.19. The Hall–Kier alpha value is -2.75. The summed E-state index contributed by atoms with van der Waals surface area (Å²) in [4.78, 5) is 0. The molecule has 0 fully saturated rings. The number of amidine groups is 1. The number of benzene rings is 2. The second-order valence-corrected chi connectivity index (χ2v) is 11.2. The third kappa shape index (κ3) is 5.91. The van der Waals surface area contributed by atoms with Gasteiger partial charge in [-0.1, -0.05) is 48.5 Å². The molecule has 0 spiro atoms. The second-order valence-electron chi connectivity index (χ2n) is 9.42. The molecule has 0 radical (unpaired) electrons. The molecule has 2 heterocycles. The quantitative estimate of drug-likeness (QED) is 0.538. The van der Waals surface area contributed by atoms with Crippen molar-refractivity contribution in [2.75, 3.05) is 19.7 Å². The minimum Gasteiger partial charge on any atom is -0.457 e. The SMILES string of the molecule is CC1(C)OC(N[C@@H](CCO)c2ccccc2F)=NS(=O)(=O)C1Cc1ccc(C2=CCNCC2)cc1. The first-order valence-corrected chi connectivity index (χ1v) is 13.3. The molecule has 188 valence electrons. The summed E-state index contributed by atoms with van der Waals surface area (Å²) in [5.74, 6) is -0.460. The zero-order chi connectivity index (χ0) is 25.1. The maximum atomic E-state index is 14.3. The number of nitrogens with one attached hydrogen (secondary N) is 2. The van der Waals surface area contributed by atoms with E-state index in [1.165, 1.54) is 11.6 Å². The van der Waals surface area contributed by atoms with Crippen molar-refractivity contribution in [2.24, 2.45) is 4.40 Å². The summed E-state index contributed by atoms with van der Waals surface area (Å²) in [5, 5.41) is 14.8. The van der Waals surface area contributed by atoms with Gasteiger partial charge in [-0.25, -0.2) is 12.8 Å². The maximum absolute atomic E-state index is 14.3. The Balaban J connectivity index is 1.53. The van der Waals surface area contributed by atoms with Crippen molar-refractivity contribution >= 4 is 21.6 Å². The van der Waals surface area contributed by atoms with E-state index < -0.39 is 32.7 Å². The first kappa shape index (κ1) is 25.3. The number of hydrogen-bond acceptors (Lipinski definition) is 6. The first-order valence-electron chi connectivity index (χ1n) is 11.8. The number of rotatable bonds is 7. The van der Waals surface area contributed by atoms with Crippen molar-refractivity contribution in [3.8, 4) is 0 Å². The molecule has 2 aromatic rings.